The number of nitrogens with one attached hydrogen (secondary N) is 1. The molecule has 2 aromatic carbocycles. The maximum Gasteiger partial charge on any atom is 0.271 e. The summed E-state index contributed by atoms with van der Waals surface area (Å²) in [6.07, 6.45) is 0. The van der Waals surface area contributed by atoms with Crippen LogP contribution in [0.15, 0.2) is 47.8 Å². The number of rotatable bonds is 4. The van der Waals surface area contributed by atoms with Crippen LogP contribution < -0.4 is 5.32 Å². The van der Waals surface area contributed by atoms with E-state index in [2.05, 4.69) is 5.32 Å². The van der Waals surface area contributed by atoms with Crippen LogP contribution in [0.1, 0.15) is 5.56 Å². The number of fused-ring (bicyclic) bond motifs is 1. The first-order chi connectivity index (χ1) is 10.1. The lowest BCUT2D eigenvalue weighted by molar-refractivity contribution is -0.384. The van der Waals surface area contributed by atoms with Crippen LogP contribution in [-0.4, -0.2) is 4.92 Å². The molecule has 0 radical (unpaired) electrons. The zero-order valence-electron chi connectivity index (χ0n) is 10.9. The van der Waals surface area contributed by atoms with Crippen LogP contribution in [0.3, 0.4) is 0 Å². The first-order valence-electron chi connectivity index (χ1n) is 6.28. The van der Waals surface area contributed by atoms with Crippen molar-refractivity contribution in [2.75, 3.05) is 5.32 Å². The van der Waals surface area contributed by atoms with Crippen molar-refractivity contribution >= 4 is 32.8 Å². The molecule has 3 aromatic rings. The number of nitrogens with zero attached hydrogens (tertiary/aromatic N) is 1. The molecule has 0 aliphatic heterocycles. The molecule has 1 aromatic heterocycles. The van der Waals surface area contributed by atoms with Crippen LogP contribution in [0.25, 0.3) is 10.1 Å². The van der Waals surface area contributed by atoms with Gasteiger partial charge < -0.3 is 5.32 Å². The highest BCUT2D eigenvalue weighted by molar-refractivity contribution is 7.17. The van der Waals surface area contributed by atoms with E-state index in [0.717, 1.165) is 27.8 Å². The van der Waals surface area contributed by atoms with Gasteiger partial charge in [0.2, 0.25) is 0 Å². The molecule has 0 atom stereocenters. The Morgan fingerprint density at radius 3 is 2.86 bits per heavy atom. The molecule has 1 N–H and O–H groups in total. The van der Waals surface area contributed by atoms with Crippen molar-refractivity contribution in [2.24, 2.45) is 0 Å². The fourth-order valence-corrected chi connectivity index (χ4v) is 3.09. The van der Waals surface area contributed by atoms with Crippen LogP contribution >= 0.6 is 11.3 Å². The molecule has 0 bridgehead atoms. The number of hydrogen-bond donors (Lipinski definition) is 1. The third-order valence-electron chi connectivity index (χ3n) is 3.19. The minimum absolute atomic E-state index is 0.130. The van der Waals surface area contributed by atoms with E-state index in [4.69, 9.17) is 0 Å². The van der Waals surface area contributed by atoms with Gasteiger partial charge in [-0.25, -0.2) is 4.39 Å². The Balaban J connectivity index is 1.84. The van der Waals surface area contributed by atoms with E-state index >= 15 is 0 Å². The van der Waals surface area contributed by atoms with Crippen molar-refractivity contribution < 1.29 is 9.31 Å². The van der Waals surface area contributed by atoms with E-state index in [-0.39, 0.29) is 11.4 Å². The topological polar surface area (TPSA) is 55.2 Å². The highest BCUT2D eigenvalue weighted by Crippen LogP contribution is 2.27. The smallest absolute Gasteiger partial charge is 0.271 e. The van der Waals surface area contributed by atoms with E-state index < -0.39 is 10.7 Å². The van der Waals surface area contributed by atoms with Crippen molar-refractivity contribution in [3.05, 3.63) is 69.3 Å². The van der Waals surface area contributed by atoms with Gasteiger partial charge in [-0.1, -0.05) is 18.2 Å². The average Bonchev–Trinajstić information content (AvgIpc) is 2.89. The Kier molecular flexibility index (Phi) is 3.53. The minimum Gasteiger partial charge on any atom is -0.378 e. The van der Waals surface area contributed by atoms with Crippen molar-refractivity contribution in [2.45, 2.75) is 6.54 Å². The summed E-state index contributed by atoms with van der Waals surface area (Å²) in [6, 6.07) is 11.4. The zero-order chi connectivity index (χ0) is 14.8. The molecule has 0 spiro atoms. The molecule has 0 aliphatic carbocycles. The lowest BCUT2D eigenvalue weighted by Gasteiger charge is -2.07. The Labute approximate surface area is 124 Å². The van der Waals surface area contributed by atoms with Crippen LogP contribution in [-0.2, 0) is 6.54 Å². The first-order valence-corrected chi connectivity index (χ1v) is 7.16. The lowest BCUT2D eigenvalue weighted by atomic mass is 10.1. The average molecular weight is 302 g/mol. The zero-order valence-corrected chi connectivity index (χ0v) is 11.7. The summed E-state index contributed by atoms with van der Waals surface area (Å²) in [5, 5.41) is 16.8. The monoisotopic (exact) mass is 302 g/mol. The summed E-state index contributed by atoms with van der Waals surface area (Å²) < 4.78 is 14.9. The van der Waals surface area contributed by atoms with Crippen molar-refractivity contribution in [1.29, 1.82) is 0 Å². The summed E-state index contributed by atoms with van der Waals surface area (Å²) in [7, 11) is 0. The highest BCUT2D eigenvalue weighted by atomic mass is 32.1. The summed E-state index contributed by atoms with van der Waals surface area (Å²) in [5.74, 6) is -0.500. The SMILES string of the molecule is O=[N+]([O-])c1ccc(F)c(NCc2csc3ccccc23)c1. The van der Waals surface area contributed by atoms with Gasteiger partial charge in [-0.15, -0.1) is 11.3 Å². The van der Waals surface area contributed by atoms with Gasteiger partial charge in [-0.3, -0.25) is 10.1 Å². The molecule has 3 rings (SSSR count). The quantitative estimate of drug-likeness (QED) is 0.567. The van der Waals surface area contributed by atoms with E-state index in [1.54, 1.807) is 11.3 Å². The summed E-state index contributed by atoms with van der Waals surface area (Å²) in [6.45, 7) is 0.419. The minimum atomic E-state index is -0.537. The molecule has 106 valence electrons. The number of hydrogen-bond acceptors (Lipinski definition) is 4. The molecular weight excluding hydrogens is 291 g/mol. The van der Waals surface area contributed by atoms with E-state index in [1.165, 1.54) is 6.07 Å². The van der Waals surface area contributed by atoms with Crippen LogP contribution in [0.5, 0.6) is 0 Å². The molecule has 6 heteroatoms. The molecule has 0 unspecified atom stereocenters. The number of nitro groups is 1. The molecule has 1 heterocycles. The van der Waals surface area contributed by atoms with Crippen LogP contribution in [0, 0.1) is 15.9 Å². The third-order valence-corrected chi connectivity index (χ3v) is 4.20. The van der Waals surface area contributed by atoms with Crippen molar-refractivity contribution in [1.82, 2.24) is 0 Å². The Morgan fingerprint density at radius 1 is 1.24 bits per heavy atom. The second kappa shape index (κ2) is 5.49. The Hall–Kier alpha value is -2.47. The second-order valence-electron chi connectivity index (χ2n) is 4.53. The van der Waals surface area contributed by atoms with Gasteiger partial charge in [0.15, 0.2) is 0 Å². The van der Waals surface area contributed by atoms with Gasteiger partial charge in [-0.05, 0) is 28.5 Å². The van der Waals surface area contributed by atoms with Gasteiger partial charge in [-0.2, -0.15) is 0 Å². The van der Waals surface area contributed by atoms with Gasteiger partial charge in [0.05, 0.1) is 10.6 Å². The normalized spacial score (nSPS) is 10.7. The van der Waals surface area contributed by atoms with E-state index in [1.807, 2.05) is 29.6 Å². The number of anilines is 1. The van der Waals surface area contributed by atoms with Gasteiger partial charge in [0, 0.05) is 23.4 Å². The standard InChI is InChI=1S/C15H11FN2O2S/c16-13-6-5-11(18(19)20)7-14(13)17-8-10-9-21-15-4-2-1-3-12(10)15/h1-7,9,17H,8H2. The molecule has 21 heavy (non-hydrogen) atoms. The molecule has 0 fully saturated rings. The highest BCUT2D eigenvalue weighted by Gasteiger charge is 2.11. The first kappa shape index (κ1) is 13.5. The van der Waals surface area contributed by atoms with Gasteiger partial charge >= 0.3 is 0 Å². The van der Waals surface area contributed by atoms with Crippen LogP contribution in [0.2, 0.25) is 0 Å². The second-order valence-corrected chi connectivity index (χ2v) is 5.44. The van der Waals surface area contributed by atoms with E-state index in [0.29, 0.717) is 6.54 Å². The number of nitro benzene ring substituents is 1. The van der Waals surface area contributed by atoms with Gasteiger partial charge in [0.1, 0.15) is 5.82 Å². The molecular formula is C15H11FN2O2S. The summed E-state index contributed by atoms with van der Waals surface area (Å²) >= 11 is 1.62. The van der Waals surface area contributed by atoms with E-state index in [9.17, 15) is 14.5 Å². The largest absolute Gasteiger partial charge is 0.378 e. The third kappa shape index (κ3) is 2.71. The number of thiophene rings is 1. The van der Waals surface area contributed by atoms with Gasteiger partial charge in [0.25, 0.3) is 5.69 Å². The predicted octanol–water partition coefficient (Wildman–Crippen LogP) is 4.56. The lowest BCUT2D eigenvalue weighted by Crippen LogP contribution is -2.01. The molecule has 0 aliphatic rings. The maximum absolute atomic E-state index is 13.7. The summed E-state index contributed by atoms with van der Waals surface area (Å²) in [4.78, 5) is 10.2. The fraction of sp³-hybridized carbons (Fsp3) is 0.0667. The molecule has 0 saturated carbocycles. The fourth-order valence-electron chi connectivity index (χ4n) is 2.12. The number of halogens is 1. The molecule has 0 amide bonds. The Bertz CT molecular complexity index is 816. The predicted molar refractivity (Wildman–Crippen MR) is 82.2 cm³/mol. The van der Waals surface area contributed by atoms with Crippen molar-refractivity contribution in [3.63, 3.8) is 0 Å². The molecule has 4 nitrogen and oxygen atoms in total. The van der Waals surface area contributed by atoms with Crippen LogP contribution in [0.4, 0.5) is 15.8 Å². The number of non-ortho nitro benzene ring substituents is 1. The Morgan fingerprint density at radius 2 is 2.05 bits per heavy atom. The molecule has 0 saturated heterocycles. The maximum atomic E-state index is 13.7. The number of benzene rings is 2. The summed E-state index contributed by atoms with van der Waals surface area (Å²) in [5.41, 5.74) is 1.05. The van der Waals surface area contributed by atoms with Crippen molar-refractivity contribution in [3.8, 4) is 0 Å².